The maximum Gasteiger partial charge on any atom is 0.143 e. The van der Waals surface area contributed by atoms with Crippen molar-refractivity contribution in [2.45, 2.75) is 0 Å². The van der Waals surface area contributed by atoms with Crippen LogP contribution in [0, 0.1) is 0 Å². The molecule has 3 heterocycles. The largest absolute Gasteiger partial charge is 0.455 e. The summed E-state index contributed by atoms with van der Waals surface area (Å²) in [5.74, 6) is 0. The predicted octanol–water partition coefficient (Wildman–Crippen LogP) is 15.8. The Morgan fingerprint density at radius 3 is 1.71 bits per heavy atom. The summed E-state index contributed by atoms with van der Waals surface area (Å²) in [6.07, 6.45) is 0. The van der Waals surface area contributed by atoms with E-state index in [-0.39, 0.29) is 0 Å². The predicted molar refractivity (Wildman–Crippen MR) is 237 cm³/mol. The van der Waals surface area contributed by atoms with Crippen LogP contribution in [-0.4, -0.2) is 0 Å². The Hall–Kier alpha value is -7.14. The van der Waals surface area contributed by atoms with Crippen molar-refractivity contribution in [1.29, 1.82) is 0 Å². The molecule has 3 nitrogen and oxygen atoms in total. The van der Waals surface area contributed by atoms with E-state index in [1.54, 1.807) is 0 Å². The third-order valence-corrected chi connectivity index (χ3v) is 12.4. The normalized spacial score (nSPS) is 11.9. The van der Waals surface area contributed by atoms with Gasteiger partial charge in [0.2, 0.25) is 0 Å². The lowest BCUT2D eigenvalue weighted by atomic mass is 9.98. The molecule has 0 amide bonds. The van der Waals surface area contributed by atoms with Crippen molar-refractivity contribution in [2.75, 3.05) is 4.90 Å². The second-order valence-corrected chi connectivity index (χ2v) is 15.6. The molecule has 0 bridgehead atoms. The first-order valence-corrected chi connectivity index (χ1v) is 19.7. The van der Waals surface area contributed by atoms with Gasteiger partial charge in [-0.3, -0.25) is 0 Å². The highest BCUT2D eigenvalue weighted by molar-refractivity contribution is 7.25. The topological polar surface area (TPSA) is 29.5 Å². The van der Waals surface area contributed by atoms with Crippen LogP contribution >= 0.6 is 11.3 Å². The van der Waals surface area contributed by atoms with Crippen LogP contribution in [-0.2, 0) is 0 Å². The summed E-state index contributed by atoms with van der Waals surface area (Å²) in [6, 6.07) is 67.3. The third kappa shape index (κ3) is 4.83. The highest BCUT2D eigenvalue weighted by Gasteiger charge is 2.19. The van der Waals surface area contributed by atoms with Crippen molar-refractivity contribution in [1.82, 2.24) is 0 Å². The minimum Gasteiger partial charge on any atom is -0.455 e. The summed E-state index contributed by atoms with van der Waals surface area (Å²) in [4.78, 5) is 2.36. The van der Waals surface area contributed by atoms with Crippen molar-refractivity contribution in [2.24, 2.45) is 0 Å². The number of furan rings is 2. The second-order valence-electron chi connectivity index (χ2n) is 14.5. The van der Waals surface area contributed by atoms with Gasteiger partial charge in [0.25, 0.3) is 0 Å². The van der Waals surface area contributed by atoms with E-state index in [0.717, 1.165) is 83.2 Å². The van der Waals surface area contributed by atoms with E-state index >= 15 is 0 Å². The summed E-state index contributed by atoms with van der Waals surface area (Å²) >= 11 is 1.84. The van der Waals surface area contributed by atoms with Gasteiger partial charge in [0.15, 0.2) is 0 Å². The summed E-state index contributed by atoms with van der Waals surface area (Å²) in [6.45, 7) is 0. The van der Waals surface area contributed by atoms with E-state index in [1.165, 1.54) is 30.9 Å². The molecule has 0 saturated carbocycles. The Balaban J connectivity index is 0.985. The maximum absolute atomic E-state index is 6.70. The Kier molecular flexibility index (Phi) is 6.80. The lowest BCUT2D eigenvalue weighted by molar-refractivity contribution is 0.669. The van der Waals surface area contributed by atoms with Gasteiger partial charge in [-0.1, -0.05) is 115 Å². The van der Waals surface area contributed by atoms with Crippen LogP contribution in [0.1, 0.15) is 0 Å². The number of anilines is 3. The fourth-order valence-corrected chi connectivity index (χ4v) is 9.65. The van der Waals surface area contributed by atoms with Crippen LogP contribution in [0.4, 0.5) is 17.1 Å². The van der Waals surface area contributed by atoms with Crippen LogP contribution in [0.2, 0.25) is 0 Å². The van der Waals surface area contributed by atoms with Crippen LogP contribution in [0.3, 0.4) is 0 Å². The highest BCUT2D eigenvalue weighted by atomic mass is 32.1. The lowest BCUT2D eigenvalue weighted by Gasteiger charge is -2.26. The average Bonchev–Trinajstić information content (AvgIpc) is 3.95. The number of rotatable bonds is 5. The molecule has 0 aliphatic rings. The zero-order valence-electron chi connectivity index (χ0n) is 30.1. The average molecular weight is 734 g/mol. The fourth-order valence-electron chi connectivity index (χ4n) is 8.58. The zero-order valence-corrected chi connectivity index (χ0v) is 30.9. The quantitative estimate of drug-likeness (QED) is 0.176. The number of para-hydroxylation sites is 4. The Morgan fingerprint density at radius 1 is 0.339 bits per heavy atom. The van der Waals surface area contributed by atoms with E-state index in [4.69, 9.17) is 8.83 Å². The minimum absolute atomic E-state index is 0.870. The van der Waals surface area contributed by atoms with Gasteiger partial charge >= 0.3 is 0 Å². The summed E-state index contributed by atoms with van der Waals surface area (Å²) in [7, 11) is 0. The van der Waals surface area contributed by atoms with E-state index in [1.807, 2.05) is 23.5 Å². The molecule has 0 N–H and O–H groups in total. The number of fused-ring (bicyclic) bond motifs is 10. The molecule has 0 spiro atoms. The van der Waals surface area contributed by atoms with E-state index in [0.29, 0.717) is 0 Å². The summed E-state index contributed by atoms with van der Waals surface area (Å²) in [5, 5.41) is 9.39. The van der Waals surface area contributed by atoms with Crippen LogP contribution in [0.5, 0.6) is 0 Å². The molecule has 0 saturated heterocycles. The first kappa shape index (κ1) is 31.2. The van der Waals surface area contributed by atoms with Gasteiger partial charge in [-0.25, -0.2) is 0 Å². The van der Waals surface area contributed by atoms with E-state index < -0.39 is 0 Å². The fraction of sp³-hybridized carbons (Fsp3) is 0. The van der Waals surface area contributed by atoms with Gasteiger partial charge in [-0.2, -0.15) is 0 Å². The third-order valence-electron chi connectivity index (χ3n) is 11.2. The van der Waals surface area contributed by atoms with Crippen LogP contribution in [0.15, 0.2) is 197 Å². The number of hydrogen-bond donors (Lipinski definition) is 0. The van der Waals surface area contributed by atoms with Crippen LogP contribution < -0.4 is 4.90 Å². The SMILES string of the molecule is c1ccc(N(c2ccc3ccccc3c2)c2ccc3sc4ccc(-c5cccc6c5oc5ccc(-c7cccc8c7oc7ccccc78)cc56)cc4c3c2)cc1. The van der Waals surface area contributed by atoms with Gasteiger partial charge in [0.1, 0.15) is 22.3 Å². The van der Waals surface area contributed by atoms with Gasteiger partial charge in [-0.05, 0) is 94.7 Å². The molecule has 4 heteroatoms. The monoisotopic (exact) mass is 733 g/mol. The van der Waals surface area contributed by atoms with Crippen molar-refractivity contribution in [3.8, 4) is 22.3 Å². The number of nitrogens with zero attached hydrogens (tertiary/aromatic N) is 1. The molecule has 0 unspecified atom stereocenters. The molecule has 262 valence electrons. The summed E-state index contributed by atoms with van der Waals surface area (Å²) in [5.41, 5.74) is 11.3. The summed E-state index contributed by atoms with van der Waals surface area (Å²) < 4.78 is 15.6. The zero-order chi connectivity index (χ0) is 36.7. The molecule has 9 aromatic carbocycles. The van der Waals surface area contributed by atoms with Crippen molar-refractivity contribution in [3.63, 3.8) is 0 Å². The molecule has 12 aromatic rings. The van der Waals surface area contributed by atoms with Crippen LogP contribution in [0.25, 0.3) is 97.1 Å². The smallest absolute Gasteiger partial charge is 0.143 e. The minimum atomic E-state index is 0.870. The first-order valence-electron chi connectivity index (χ1n) is 18.9. The molecule has 56 heavy (non-hydrogen) atoms. The van der Waals surface area contributed by atoms with Crippen molar-refractivity contribution < 1.29 is 8.83 Å². The molecule has 0 aliphatic carbocycles. The molecule has 3 aromatic heterocycles. The van der Waals surface area contributed by atoms with E-state index in [9.17, 15) is 0 Å². The second kappa shape index (κ2) is 12.2. The molecular formula is C52H31NO2S. The number of benzene rings is 9. The standard InChI is InChI=1S/C52H31NO2S/c1-2-12-36(13-3-1)53(37-23-20-32-10-4-5-11-33(32)28-37)38-24-27-50-46(31-38)45-30-35(22-26-49(45)56-50)40-16-9-18-43-44-29-34(21-25-48(44)55-52(40)43)39-15-8-17-42-41-14-6-7-19-47(41)54-51(39)42/h1-31H. The molecule has 0 radical (unpaired) electrons. The Morgan fingerprint density at radius 2 is 0.911 bits per heavy atom. The molecular weight excluding hydrogens is 703 g/mol. The highest BCUT2D eigenvalue weighted by Crippen LogP contribution is 2.44. The lowest BCUT2D eigenvalue weighted by Crippen LogP contribution is -2.09. The Bertz CT molecular complexity index is 3500. The Labute approximate surface area is 325 Å². The van der Waals surface area contributed by atoms with Gasteiger partial charge in [-0.15, -0.1) is 11.3 Å². The van der Waals surface area contributed by atoms with Gasteiger partial charge in [0, 0.05) is 69.9 Å². The van der Waals surface area contributed by atoms with E-state index in [2.05, 4.69) is 181 Å². The number of thiophene rings is 1. The van der Waals surface area contributed by atoms with Gasteiger partial charge in [0.05, 0.1) is 0 Å². The molecule has 12 rings (SSSR count). The van der Waals surface area contributed by atoms with Crippen molar-refractivity contribution >= 4 is 103 Å². The molecule has 0 fully saturated rings. The maximum atomic E-state index is 6.70. The number of hydrogen-bond acceptors (Lipinski definition) is 4. The first-order chi connectivity index (χ1) is 27.7. The van der Waals surface area contributed by atoms with Gasteiger partial charge < -0.3 is 13.7 Å². The van der Waals surface area contributed by atoms with Crippen molar-refractivity contribution in [3.05, 3.63) is 188 Å². The molecule has 0 aliphatic heterocycles. The molecule has 0 atom stereocenters.